The monoisotopic (exact) mass is 243 g/mol. The van der Waals surface area contributed by atoms with Gasteiger partial charge < -0.3 is 5.32 Å². The number of halogens is 1. The molecule has 0 aliphatic carbocycles. The second-order valence-corrected chi connectivity index (χ2v) is 4.35. The average molecular weight is 243 g/mol. The summed E-state index contributed by atoms with van der Waals surface area (Å²) < 4.78 is 13.7. The highest BCUT2D eigenvalue weighted by molar-refractivity contribution is 5.64. The molecule has 0 heterocycles. The van der Waals surface area contributed by atoms with Crippen molar-refractivity contribution in [3.63, 3.8) is 0 Å². The summed E-state index contributed by atoms with van der Waals surface area (Å²) in [7, 11) is 1.96. The van der Waals surface area contributed by atoms with Gasteiger partial charge in [-0.25, -0.2) is 4.39 Å². The highest BCUT2D eigenvalue weighted by Gasteiger charge is 2.07. The molecule has 0 aromatic heterocycles. The van der Waals surface area contributed by atoms with Crippen LogP contribution in [0.2, 0.25) is 0 Å². The van der Waals surface area contributed by atoms with E-state index in [-0.39, 0.29) is 5.82 Å². The van der Waals surface area contributed by atoms with Gasteiger partial charge in [0, 0.05) is 11.6 Å². The molecule has 0 aliphatic heterocycles. The highest BCUT2D eigenvalue weighted by Crippen LogP contribution is 2.25. The summed E-state index contributed by atoms with van der Waals surface area (Å²) in [6.07, 6.45) is 1.04. The van der Waals surface area contributed by atoms with Crippen LogP contribution in [0.25, 0.3) is 11.1 Å². The molecule has 0 aliphatic rings. The van der Waals surface area contributed by atoms with Crippen molar-refractivity contribution < 1.29 is 4.39 Å². The molecule has 0 radical (unpaired) electrons. The van der Waals surface area contributed by atoms with E-state index in [1.165, 1.54) is 11.6 Å². The minimum absolute atomic E-state index is 0.175. The van der Waals surface area contributed by atoms with Crippen molar-refractivity contribution in [3.8, 4) is 11.1 Å². The molecule has 2 rings (SSSR count). The fourth-order valence-corrected chi connectivity index (χ4v) is 2.20. The number of benzene rings is 2. The highest BCUT2D eigenvalue weighted by atomic mass is 19.1. The topological polar surface area (TPSA) is 12.0 Å². The van der Waals surface area contributed by atoms with Crippen molar-refractivity contribution >= 4 is 0 Å². The summed E-state index contributed by atoms with van der Waals surface area (Å²) in [6, 6.07) is 15.3. The van der Waals surface area contributed by atoms with Gasteiger partial charge in [0.15, 0.2) is 0 Å². The predicted molar refractivity (Wildman–Crippen MR) is 73.9 cm³/mol. The molecule has 2 aromatic carbocycles. The first-order valence-electron chi connectivity index (χ1n) is 6.28. The Morgan fingerprint density at radius 1 is 1.06 bits per heavy atom. The van der Waals surface area contributed by atoms with Gasteiger partial charge in [0.1, 0.15) is 5.82 Å². The van der Waals surface area contributed by atoms with E-state index in [1.54, 1.807) is 12.1 Å². The van der Waals surface area contributed by atoms with Crippen LogP contribution in [0.4, 0.5) is 4.39 Å². The summed E-state index contributed by atoms with van der Waals surface area (Å²) in [6.45, 7) is 2.14. The first kappa shape index (κ1) is 12.8. The fraction of sp³-hybridized carbons (Fsp3) is 0.250. The minimum Gasteiger partial charge on any atom is -0.313 e. The molecule has 0 amide bonds. The lowest BCUT2D eigenvalue weighted by atomic mass is 9.99. The Balaban J connectivity index is 2.30. The van der Waals surface area contributed by atoms with Gasteiger partial charge in [-0.3, -0.25) is 0 Å². The van der Waals surface area contributed by atoms with Crippen molar-refractivity contribution in [1.29, 1.82) is 0 Å². The van der Waals surface area contributed by atoms with Crippen molar-refractivity contribution in [2.45, 2.75) is 19.4 Å². The standard InChI is InChI=1S/C16H18FN/c1-3-16(18-2)13-10-8-12(9-11-13)14-6-4-5-7-15(14)17/h4-11,16,18H,3H2,1-2H3. The van der Waals surface area contributed by atoms with E-state index < -0.39 is 0 Å². The van der Waals surface area contributed by atoms with E-state index in [2.05, 4.69) is 24.4 Å². The molecule has 1 atom stereocenters. The third-order valence-electron chi connectivity index (χ3n) is 3.25. The van der Waals surface area contributed by atoms with Crippen molar-refractivity contribution in [1.82, 2.24) is 5.32 Å². The molecule has 18 heavy (non-hydrogen) atoms. The maximum atomic E-state index is 13.7. The zero-order valence-corrected chi connectivity index (χ0v) is 10.8. The van der Waals surface area contributed by atoms with Gasteiger partial charge in [-0.2, -0.15) is 0 Å². The van der Waals surface area contributed by atoms with E-state index in [9.17, 15) is 4.39 Å². The lowest BCUT2D eigenvalue weighted by Crippen LogP contribution is -2.14. The molecule has 0 saturated heterocycles. The first-order chi connectivity index (χ1) is 8.76. The Kier molecular flexibility index (Phi) is 4.11. The molecule has 1 nitrogen and oxygen atoms in total. The van der Waals surface area contributed by atoms with Gasteiger partial charge in [-0.05, 0) is 30.7 Å². The summed E-state index contributed by atoms with van der Waals surface area (Å²) in [5.74, 6) is -0.175. The summed E-state index contributed by atoms with van der Waals surface area (Å²) in [4.78, 5) is 0. The van der Waals surface area contributed by atoms with Gasteiger partial charge in [0.25, 0.3) is 0 Å². The lowest BCUT2D eigenvalue weighted by Gasteiger charge is -2.14. The van der Waals surface area contributed by atoms with Crippen molar-refractivity contribution in [2.75, 3.05) is 7.05 Å². The van der Waals surface area contributed by atoms with Crippen molar-refractivity contribution in [3.05, 3.63) is 59.9 Å². The van der Waals surface area contributed by atoms with Crippen LogP contribution in [0, 0.1) is 5.82 Å². The molecule has 1 N–H and O–H groups in total. The van der Waals surface area contributed by atoms with Crippen LogP contribution in [-0.4, -0.2) is 7.05 Å². The minimum atomic E-state index is -0.175. The molecule has 0 saturated carbocycles. The van der Waals surface area contributed by atoms with Crippen LogP contribution in [0.15, 0.2) is 48.5 Å². The third-order valence-corrected chi connectivity index (χ3v) is 3.25. The maximum Gasteiger partial charge on any atom is 0.131 e. The zero-order chi connectivity index (χ0) is 13.0. The lowest BCUT2D eigenvalue weighted by molar-refractivity contribution is 0.577. The molecule has 0 spiro atoms. The van der Waals surface area contributed by atoms with Crippen molar-refractivity contribution in [2.24, 2.45) is 0 Å². The van der Waals surface area contributed by atoms with Gasteiger partial charge in [0.05, 0.1) is 0 Å². The second kappa shape index (κ2) is 5.78. The second-order valence-electron chi connectivity index (χ2n) is 4.35. The largest absolute Gasteiger partial charge is 0.313 e. The first-order valence-corrected chi connectivity index (χ1v) is 6.28. The molecular formula is C16H18FN. The Morgan fingerprint density at radius 2 is 1.72 bits per heavy atom. The van der Waals surface area contributed by atoms with E-state index in [4.69, 9.17) is 0 Å². The molecular weight excluding hydrogens is 225 g/mol. The zero-order valence-electron chi connectivity index (χ0n) is 10.8. The third kappa shape index (κ3) is 2.59. The average Bonchev–Trinajstić information content (AvgIpc) is 2.42. The number of rotatable bonds is 4. The Labute approximate surface area is 108 Å². The van der Waals surface area contributed by atoms with Crippen LogP contribution in [0.1, 0.15) is 24.9 Å². The Morgan fingerprint density at radius 3 is 2.28 bits per heavy atom. The molecule has 2 heteroatoms. The van der Waals surface area contributed by atoms with Crippen LogP contribution in [0.5, 0.6) is 0 Å². The van der Waals surface area contributed by atoms with Gasteiger partial charge in [-0.1, -0.05) is 49.4 Å². The van der Waals surface area contributed by atoms with Crippen LogP contribution in [-0.2, 0) is 0 Å². The van der Waals surface area contributed by atoms with Crippen LogP contribution in [0.3, 0.4) is 0 Å². The van der Waals surface area contributed by atoms with Gasteiger partial charge in [0.2, 0.25) is 0 Å². The normalized spacial score (nSPS) is 12.4. The van der Waals surface area contributed by atoms with E-state index >= 15 is 0 Å². The van der Waals surface area contributed by atoms with Gasteiger partial charge >= 0.3 is 0 Å². The molecule has 94 valence electrons. The molecule has 0 bridgehead atoms. The number of nitrogens with one attached hydrogen (secondary N) is 1. The SMILES string of the molecule is CCC(NC)c1ccc(-c2ccccc2F)cc1. The van der Waals surface area contributed by atoms with E-state index in [1.807, 2.05) is 25.2 Å². The molecule has 0 fully saturated rings. The molecule has 1 unspecified atom stereocenters. The molecule has 2 aromatic rings. The van der Waals surface area contributed by atoms with E-state index in [0.717, 1.165) is 12.0 Å². The smallest absolute Gasteiger partial charge is 0.131 e. The summed E-state index contributed by atoms with van der Waals surface area (Å²) >= 11 is 0. The fourth-order valence-electron chi connectivity index (χ4n) is 2.20. The number of hydrogen-bond acceptors (Lipinski definition) is 1. The Hall–Kier alpha value is -1.67. The van der Waals surface area contributed by atoms with Crippen LogP contribution >= 0.6 is 0 Å². The number of hydrogen-bond donors (Lipinski definition) is 1. The Bertz CT molecular complexity index is 501. The summed E-state index contributed by atoms with van der Waals surface area (Å²) in [5, 5.41) is 3.26. The predicted octanol–water partition coefficient (Wildman–Crippen LogP) is 4.16. The quantitative estimate of drug-likeness (QED) is 0.850. The van der Waals surface area contributed by atoms with Gasteiger partial charge in [-0.15, -0.1) is 0 Å². The summed E-state index contributed by atoms with van der Waals surface area (Å²) in [5.41, 5.74) is 2.81. The van der Waals surface area contributed by atoms with Crippen LogP contribution < -0.4 is 5.32 Å². The van der Waals surface area contributed by atoms with E-state index in [0.29, 0.717) is 11.6 Å². The maximum absolute atomic E-state index is 13.7.